The molecule has 21 heavy (non-hydrogen) atoms. The van der Waals surface area contributed by atoms with Gasteiger partial charge < -0.3 is 4.74 Å². The number of aromatic nitrogens is 3. The Hall–Kier alpha value is -2.33. The second-order valence-electron chi connectivity index (χ2n) is 5.21. The molecule has 4 rings (SSSR count). The Labute approximate surface area is 122 Å². The van der Waals surface area contributed by atoms with Crippen LogP contribution in [0, 0.1) is 0 Å². The van der Waals surface area contributed by atoms with Crippen LogP contribution in [0.25, 0.3) is 22.3 Å². The van der Waals surface area contributed by atoms with E-state index in [-0.39, 0.29) is 6.10 Å². The lowest BCUT2D eigenvalue weighted by atomic mass is 10.0. The minimum Gasteiger partial charge on any atom is -0.374 e. The third-order valence-electron chi connectivity index (χ3n) is 3.88. The fourth-order valence-corrected chi connectivity index (χ4v) is 2.84. The van der Waals surface area contributed by atoms with Gasteiger partial charge in [0, 0.05) is 36.1 Å². The number of hydrogen-bond acceptors (Lipinski definition) is 4. The van der Waals surface area contributed by atoms with Crippen molar-refractivity contribution in [2.24, 2.45) is 0 Å². The molecule has 1 atom stereocenters. The normalized spacial score (nSPS) is 18.2. The average Bonchev–Trinajstić information content (AvgIpc) is 3.09. The van der Waals surface area contributed by atoms with Crippen molar-refractivity contribution in [2.45, 2.75) is 18.9 Å². The summed E-state index contributed by atoms with van der Waals surface area (Å²) in [6, 6.07) is 10.1. The number of hydrogen-bond donors (Lipinski definition) is 0. The van der Waals surface area contributed by atoms with Crippen molar-refractivity contribution in [1.29, 1.82) is 0 Å². The molecule has 4 heterocycles. The van der Waals surface area contributed by atoms with Gasteiger partial charge in [-0.25, -0.2) is 9.97 Å². The van der Waals surface area contributed by atoms with Crippen LogP contribution in [0.4, 0.5) is 0 Å². The van der Waals surface area contributed by atoms with Crippen LogP contribution in [0.2, 0.25) is 0 Å². The Bertz CT molecular complexity index is 776. The van der Waals surface area contributed by atoms with Crippen molar-refractivity contribution < 1.29 is 4.74 Å². The van der Waals surface area contributed by atoms with Crippen LogP contribution in [0.1, 0.15) is 24.5 Å². The van der Waals surface area contributed by atoms with Crippen LogP contribution in [-0.4, -0.2) is 21.6 Å². The summed E-state index contributed by atoms with van der Waals surface area (Å²) in [6.07, 6.45) is 7.82. The number of rotatable bonds is 2. The smallest absolute Gasteiger partial charge is 0.159 e. The first-order valence-electron chi connectivity index (χ1n) is 7.19. The molecule has 3 aromatic rings. The lowest BCUT2D eigenvalue weighted by Gasteiger charge is -2.11. The molecule has 0 N–H and O–H groups in total. The summed E-state index contributed by atoms with van der Waals surface area (Å²) in [4.78, 5) is 13.1. The molecular weight excluding hydrogens is 262 g/mol. The van der Waals surface area contributed by atoms with Gasteiger partial charge in [0.1, 0.15) is 0 Å². The van der Waals surface area contributed by atoms with Gasteiger partial charge in [-0.3, -0.25) is 4.98 Å². The standard InChI is InChI=1S/C17H15N3O/c1-3-14-13(6-9-20-17(14)19-7-1)15-11-12(5-8-18-15)16-4-2-10-21-16/h1,3,5-9,11,16H,2,4,10H2. The maximum atomic E-state index is 5.76. The molecule has 3 aromatic heterocycles. The molecule has 4 nitrogen and oxygen atoms in total. The highest BCUT2D eigenvalue weighted by molar-refractivity contribution is 5.91. The first kappa shape index (κ1) is 12.4. The molecule has 1 unspecified atom stereocenters. The molecule has 4 heteroatoms. The van der Waals surface area contributed by atoms with E-state index < -0.39 is 0 Å². The fourth-order valence-electron chi connectivity index (χ4n) is 2.84. The zero-order valence-corrected chi connectivity index (χ0v) is 11.6. The van der Waals surface area contributed by atoms with Gasteiger partial charge in [-0.1, -0.05) is 0 Å². The van der Waals surface area contributed by atoms with Gasteiger partial charge in [-0.05, 0) is 48.7 Å². The Kier molecular flexibility index (Phi) is 3.09. The first-order valence-corrected chi connectivity index (χ1v) is 7.19. The summed E-state index contributed by atoms with van der Waals surface area (Å²) in [5.41, 5.74) is 3.96. The summed E-state index contributed by atoms with van der Waals surface area (Å²) >= 11 is 0. The van der Waals surface area contributed by atoms with Gasteiger partial charge in [-0.2, -0.15) is 0 Å². The van der Waals surface area contributed by atoms with Crippen molar-refractivity contribution in [2.75, 3.05) is 6.61 Å². The zero-order chi connectivity index (χ0) is 14.1. The highest BCUT2D eigenvalue weighted by Gasteiger charge is 2.18. The first-order chi connectivity index (χ1) is 10.4. The van der Waals surface area contributed by atoms with E-state index in [1.54, 1.807) is 12.4 Å². The second kappa shape index (κ2) is 5.22. The van der Waals surface area contributed by atoms with Crippen LogP contribution in [-0.2, 0) is 4.74 Å². The average molecular weight is 277 g/mol. The number of fused-ring (bicyclic) bond motifs is 1. The largest absolute Gasteiger partial charge is 0.374 e. The molecule has 1 fully saturated rings. The Morgan fingerprint density at radius 2 is 1.90 bits per heavy atom. The van der Waals surface area contributed by atoms with E-state index in [4.69, 9.17) is 4.74 Å². The molecule has 0 saturated carbocycles. The lowest BCUT2D eigenvalue weighted by Crippen LogP contribution is -1.97. The van der Waals surface area contributed by atoms with Gasteiger partial charge in [0.15, 0.2) is 5.65 Å². The van der Waals surface area contributed by atoms with E-state index in [9.17, 15) is 0 Å². The molecule has 1 saturated heterocycles. The number of ether oxygens (including phenoxy) is 1. The van der Waals surface area contributed by atoms with Crippen LogP contribution in [0.3, 0.4) is 0 Å². The minimum absolute atomic E-state index is 0.206. The molecule has 0 aliphatic carbocycles. The van der Waals surface area contributed by atoms with Crippen LogP contribution < -0.4 is 0 Å². The molecule has 1 aliphatic heterocycles. The van der Waals surface area contributed by atoms with Crippen molar-refractivity contribution in [1.82, 2.24) is 15.0 Å². The Morgan fingerprint density at radius 1 is 1.00 bits per heavy atom. The molecule has 0 bridgehead atoms. The minimum atomic E-state index is 0.206. The third kappa shape index (κ3) is 2.28. The van der Waals surface area contributed by atoms with E-state index in [1.165, 1.54) is 5.56 Å². The number of nitrogens with zero attached hydrogens (tertiary/aromatic N) is 3. The molecular formula is C17H15N3O. The van der Waals surface area contributed by atoms with E-state index in [2.05, 4.69) is 21.0 Å². The van der Waals surface area contributed by atoms with Gasteiger partial charge >= 0.3 is 0 Å². The summed E-state index contributed by atoms with van der Waals surface area (Å²) in [5.74, 6) is 0. The Balaban J connectivity index is 1.83. The monoisotopic (exact) mass is 277 g/mol. The highest BCUT2D eigenvalue weighted by Crippen LogP contribution is 2.31. The van der Waals surface area contributed by atoms with Crippen LogP contribution in [0.15, 0.2) is 48.9 Å². The summed E-state index contributed by atoms with van der Waals surface area (Å²) in [7, 11) is 0. The van der Waals surface area contributed by atoms with Crippen LogP contribution in [0.5, 0.6) is 0 Å². The van der Waals surface area contributed by atoms with E-state index >= 15 is 0 Å². The molecule has 0 aromatic carbocycles. The maximum absolute atomic E-state index is 5.76. The molecule has 104 valence electrons. The highest BCUT2D eigenvalue weighted by atomic mass is 16.5. The fraction of sp³-hybridized carbons (Fsp3) is 0.235. The summed E-state index contributed by atoms with van der Waals surface area (Å²) < 4.78 is 5.76. The summed E-state index contributed by atoms with van der Waals surface area (Å²) in [6.45, 7) is 0.852. The van der Waals surface area contributed by atoms with Crippen molar-refractivity contribution >= 4 is 11.0 Å². The van der Waals surface area contributed by atoms with Crippen molar-refractivity contribution in [3.8, 4) is 11.3 Å². The van der Waals surface area contributed by atoms with E-state index in [0.29, 0.717) is 0 Å². The molecule has 0 amide bonds. The molecule has 1 aliphatic rings. The van der Waals surface area contributed by atoms with Gasteiger partial charge in [0.05, 0.1) is 11.8 Å². The maximum Gasteiger partial charge on any atom is 0.159 e. The van der Waals surface area contributed by atoms with Crippen molar-refractivity contribution in [3.05, 3.63) is 54.5 Å². The van der Waals surface area contributed by atoms with Crippen molar-refractivity contribution in [3.63, 3.8) is 0 Å². The van der Waals surface area contributed by atoms with E-state index in [1.807, 2.05) is 30.5 Å². The topological polar surface area (TPSA) is 47.9 Å². The number of pyridine rings is 3. The lowest BCUT2D eigenvalue weighted by molar-refractivity contribution is 0.112. The SMILES string of the molecule is c1cnc2nccc(-c3cc(C4CCCO4)ccn3)c2c1. The van der Waals surface area contributed by atoms with Gasteiger partial charge in [-0.15, -0.1) is 0 Å². The van der Waals surface area contributed by atoms with Gasteiger partial charge in [0.25, 0.3) is 0 Å². The van der Waals surface area contributed by atoms with Gasteiger partial charge in [0.2, 0.25) is 0 Å². The zero-order valence-electron chi connectivity index (χ0n) is 11.6. The Morgan fingerprint density at radius 3 is 2.81 bits per heavy atom. The predicted molar refractivity (Wildman–Crippen MR) is 80.7 cm³/mol. The van der Waals surface area contributed by atoms with Crippen LogP contribution >= 0.6 is 0 Å². The quantitative estimate of drug-likeness (QED) is 0.718. The molecule has 0 spiro atoms. The third-order valence-corrected chi connectivity index (χ3v) is 3.88. The molecule has 0 radical (unpaired) electrons. The predicted octanol–water partition coefficient (Wildman–Crippen LogP) is 3.54. The summed E-state index contributed by atoms with van der Waals surface area (Å²) in [5, 5.41) is 1.02. The second-order valence-corrected chi connectivity index (χ2v) is 5.21. The van der Waals surface area contributed by atoms with E-state index in [0.717, 1.165) is 41.7 Å².